The van der Waals surface area contributed by atoms with E-state index in [2.05, 4.69) is 64.6 Å². The summed E-state index contributed by atoms with van der Waals surface area (Å²) in [5, 5.41) is 0. The molecule has 28 heavy (non-hydrogen) atoms. The second-order valence-corrected chi connectivity index (χ2v) is 10.5. The maximum absolute atomic E-state index is 12.6. The number of rotatable bonds is 5. The lowest BCUT2D eigenvalue weighted by molar-refractivity contribution is -0.147. The molecule has 144 valence electrons. The molecule has 2 atom stereocenters. The number of carbonyl (C=O) groups excluding carboxylic acids is 1. The molecule has 4 heteroatoms. The highest BCUT2D eigenvalue weighted by Crippen LogP contribution is 2.60. The second-order valence-electron chi connectivity index (χ2n) is 7.70. The van der Waals surface area contributed by atoms with E-state index in [1.165, 1.54) is 0 Å². The van der Waals surface area contributed by atoms with E-state index in [9.17, 15) is 4.79 Å². The van der Waals surface area contributed by atoms with Crippen LogP contribution in [0.15, 0.2) is 51.9 Å². The minimum Gasteiger partial charge on any atom is -0.461 e. The Morgan fingerprint density at radius 1 is 1.21 bits per heavy atom. The summed E-state index contributed by atoms with van der Waals surface area (Å²) in [6.07, 6.45) is 7.46. The topological polar surface area (TPSA) is 26.3 Å². The first-order valence-corrected chi connectivity index (χ1v) is 10.7. The van der Waals surface area contributed by atoms with Crippen LogP contribution in [0.5, 0.6) is 0 Å². The fourth-order valence-corrected chi connectivity index (χ4v) is 4.28. The van der Waals surface area contributed by atoms with Crippen LogP contribution < -0.4 is 0 Å². The number of hydrogen-bond donors (Lipinski definition) is 0. The van der Waals surface area contributed by atoms with E-state index in [1.807, 2.05) is 42.5 Å². The van der Waals surface area contributed by atoms with Crippen molar-refractivity contribution in [1.82, 2.24) is 0 Å². The largest absolute Gasteiger partial charge is 0.461 e. The molecule has 1 aliphatic carbocycles. The van der Waals surface area contributed by atoms with Gasteiger partial charge in [-0.15, -0.1) is 6.42 Å². The van der Waals surface area contributed by atoms with Crippen LogP contribution in [0.25, 0.3) is 11.1 Å². The fraction of sp³-hybridized carbons (Fsp3) is 0.292. The summed E-state index contributed by atoms with van der Waals surface area (Å²) in [6, 6.07) is 14.0. The Morgan fingerprint density at radius 3 is 2.50 bits per heavy atom. The van der Waals surface area contributed by atoms with Gasteiger partial charge in [0, 0.05) is 5.56 Å². The van der Waals surface area contributed by atoms with Crippen molar-refractivity contribution in [3.8, 4) is 23.5 Å². The maximum atomic E-state index is 12.6. The minimum atomic E-state index is -0.143. The Bertz CT molecular complexity index is 961. The Hall–Kier alpha value is -1.83. The number of carbonyl (C=O) groups is 1. The quantitative estimate of drug-likeness (QED) is 0.341. The SMILES string of the molecule is C#Cc1ccc(-c2cccc(COC(=O)C3C(C=C(Br)Br)C3(C)C)c2C)cc1. The third-order valence-electron chi connectivity index (χ3n) is 5.65. The maximum Gasteiger partial charge on any atom is 0.310 e. The second kappa shape index (κ2) is 8.27. The molecular weight excluding hydrogens is 480 g/mol. The van der Waals surface area contributed by atoms with Gasteiger partial charge >= 0.3 is 5.97 Å². The van der Waals surface area contributed by atoms with E-state index in [4.69, 9.17) is 11.2 Å². The first-order valence-electron chi connectivity index (χ1n) is 9.10. The van der Waals surface area contributed by atoms with Crippen LogP contribution >= 0.6 is 31.9 Å². The van der Waals surface area contributed by atoms with Gasteiger partial charge in [-0.25, -0.2) is 0 Å². The average Bonchev–Trinajstić information content (AvgIpc) is 3.20. The molecule has 2 aromatic rings. The molecule has 2 unspecified atom stereocenters. The summed E-state index contributed by atoms with van der Waals surface area (Å²) in [4.78, 5) is 12.6. The normalized spacial score (nSPS) is 19.4. The lowest BCUT2D eigenvalue weighted by Crippen LogP contribution is -2.11. The number of terminal acetylenes is 1. The summed E-state index contributed by atoms with van der Waals surface area (Å²) >= 11 is 6.76. The van der Waals surface area contributed by atoms with Crippen molar-refractivity contribution >= 4 is 37.8 Å². The molecule has 2 aromatic carbocycles. The van der Waals surface area contributed by atoms with Crippen LogP contribution in [0.2, 0.25) is 0 Å². The zero-order valence-electron chi connectivity index (χ0n) is 16.1. The average molecular weight is 502 g/mol. The predicted molar refractivity (Wildman–Crippen MR) is 121 cm³/mol. The molecule has 0 saturated heterocycles. The molecule has 0 aromatic heterocycles. The van der Waals surface area contributed by atoms with Gasteiger partial charge in [-0.3, -0.25) is 4.79 Å². The number of ether oxygens (including phenoxy) is 1. The van der Waals surface area contributed by atoms with Crippen molar-refractivity contribution in [1.29, 1.82) is 0 Å². The first kappa shape index (κ1) is 20.9. The Labute approximate surface area is 183 Å². The van der Waals surface area contributed by atoms with Crippen LogP contribution in [0.1, 0.15) is 30.5 Å². The third kappa shape index (κ3) is 4.26. The van der Waals surface area contributed by atoms with Crippen molar-refractivity contribution in [2.75, 3.05) is 0 Å². The van der Waals surface area contributed by atoms with Gasteiger partial charge in [-0.1, -0.05) is 56.2 Å². The first-order chi connectivity index (χ1) is 13.3. The molecule has 0 amide bonds. The summed E-state index contributed by atoms with van der Waals surface area (Å²) in [5.74, 6) is 2.56. The van der Waals surface area contributed by atoms with E-state index in [1.54, 1.807) is 0 Å². The smallest absolute Gasteiger partial charge is 0.310 e. The molecule has 2 nitrogen and oxygen atoms in total. The Kier molecular flexibility index (Phi) is 6.17. The molecule has 0 aliphatic heterocycles. The summed E-state index contributed by atoms with van der Waals surface area (Å²) in [7, 11) is 0. The number of benzene rings is 2. The van der Waals surface area contributed by atoms with Gasteiger partial charge in [0.1, 0.15) is 6.61 Å². The van der Waals surface area contributed by atoms with Gasteiger partial charge in [-0.2, -0.15) is 0 Å². The molecule has 1 aliphatic rings. The van der Waals surface area contributed by atoms with Gasteiger partial charge in [0.2, 0.25) is 0 Å². The Morgan fingerprint density at radius 2 is 1.89 bits per heavy atom. The van der Waals surface area contributed by atoms with Crippen molar-refractivity contribution in [2.45, 2.75) is 27.4 Å². The summed E-state index contributed by atoms with van der Waals surface area (Å²) in [5.41, 5.74) is 5.11. The van der Waals surface area contributed by atoms with Gasteiger partial charge in [0.15, 0.2) is 0 Å². The van der Waals surface area contributed by atoms with Gasteiger partial charge in [-0.05, 0) is 84.5 Å². The highest BCUT2D eigenvalue weighted by molar-refractivity contribution is 9.28. The lowest BCUT2D eigenvalue weighted by atomic mass is 9.96. The molecule has 0 bridgehead atoms. The van der Waals surface area contributed by atoms with Gasteiger partial charge in [0.25, 0.3) is 0 Å². The number of hydrogen-bond acceptors (Lipinski definition) is 2. The summed E-state index contributed by atoms with van der Waals surface area (Å²) in [6.45, 7) is 6.52. The van der Waals surface area contributed by atoms with Crippen molar-refractivity contribution in [3.05, 3.63) is 68.6 Å². The molecule has 0 radical (unpaired) electrons. The molecule has 1 saturated carbocycles. The third-order valence-corrected chi connectivity index (χ3v) is 6.18. The monoisotopic (exact) mass is 500 g/mol. The van der Waals surface area contributed by atoms with E-state index >= 15 is 0 Å². The van der Waals surface area contributed by atoms with Crippen molar-refractivity contribution in [3.63, 3.8) is 0 Å². The zero-order valence-corrected chi connectivity index (χ0v) is 19.3. The fourth-order valence-electron chi connectivity index (χ4n) is 3.71. The number of esters is 1. The Balaban J connectivity index is 1.73. The molecule has 0 N–H and O–H groups in total. The van der Waals surface area contributed by atoms with E-state index in [0.29, 0.717) is 0 Å². The van der Waals surface area contributed by atoms with Crippen LogP contribution in [-0.4, -0.2) is 5.97 Å². The minimum absolute atomic E-state index is 0.0838. The molecule has 0 heterocycles. The molecule has 3 rings (SSSR count). The van der Waals surface area contributed by atoms with E-state index < -0.39 is 0 Å². The predicted octanol–water partition coefficient (Wildman–Crippen LogP) is 6.59. The van der Waals surface area contributed by atoms with Gasteiger partial charge < -0.3 is 4.74 Å². The van der Waals surface area contributed by atoms with Crippen molar-refractivity contribution < 1.29 is 9.53 Å². The molecular formula is C24H22Br2O2. The zero-order chi connectivity index (χ0) is 20.5. The van der Waals surface area contributed by atoms with Gasteiger partial charge in [0.05, 0.1) is 9.31 Å². The van der Waals surface area contributed by atoms with E-state index in [-0.39, 0.29) is 29.8 Å². The molecule has 1 fully saturated rings. The standard InChI is InChI=1S/C24H22Br2O2/c1-5-16-9-11-17(12-10-16)19-8-6-7-18(15(19)2)14-28-23(27)22-20(13-21(25)26)24(22,3)4/h1,6-13,20,22H,14H2,2-4H3. The van der Waals surface area contributed by atoms with E-state index in [0.717, 1.165) is 31.2 Å². The summed E-state index contributed by atoms with van der Waals surface area (Å²) < 4.78 is 6.55. The van der Waals surface area contributed by atoms with Crippen LogP contribution in [-0.2, 0) is 16.1 Å². The highest BCUT2D eigenvalue weighted by Gasteiger charge is 2.61. The van der Waals surface area contributed by atoms with Crippen LogP contribution in [0.4, 0.5) is 0 Å². The van der Waals surface area contributed by atoms with Crippen molar-refractivity contribution in [2.24, 2.45) is 17.3 Å². The van der Waals surface area contributed by atoms with Crippen LogP contribution in [0, 0.1) is 36.5 Å². The highest BCUT2D eigenvalue weighted by atomic mass is 79.9. The number of halogens is 2. The molecule has 0 spiro atoms. The lowest BCUT2D eigenvalue weighted by Gasteiger charge is -2.13. The number of allylic oxidation sites excluding steroid dienone is 1. The van der Waals surface area contributed by atoms with Crippen LogP contribution in [0.3, 0.4) is 0 Å².